The molecule has 1 aliphatic rings. The summed E-state index contributed by atoms with van der Waals surface area (Å²) < 4.78 is 5.41. The zero-order chi connectivity index (χ0) is 13.9. The lowest BCUT2D eigenvalue weighted by atomic mass is 10.2. The Bertz CT molecular complexity index is 571. The minimum absolute atomic E-state index is 0.443. The van der Waals surface area contributed by atoms with Crippen LogP contribution in [0.5, 0.6) is 0 Å². The molecule has 1 saturated heterocycles. The number of rotatable bonds is 3. The second-order valence-corrected chi connectivity index (χ2v) is 6.11. The van der Waals surface area contributed by atoms with E-state index in [9.17, 15) is 0 Å². The Labute approximate surface area is 122 Å². The van der Waals surface area contributed by atoms with Gasteiger partial charge < -0.3 is 15.2 Å². The van der Waals surface area contributed by atoms with E-state index in [1.807, 2.05) is 6.92 Å². The monoisotopic (exact) mass is 293 g/mol. The third-order valence-electron chi connectivity index (χ3n) is 3.51. The van der Waals surface area contributed by atoms with Crippen molar-refractivity contribution in [3.63, 3.8) is 0 Å². The van der Waals surface area contributed by atoms with Crippen molar-refractivity contribution >= 4 is 17.3 Å². The molecule has 2 aromatic heterocycles. The molecule has 20 heavy (non-hydrogen) atoms. The maximum absolute atomic E-state index is 5.62. The molecule has 1 aliphatic heterocycles. The van der Waals surface area contributed by atoms with Gasteiger partial charge in [0, 0.05) is 19.6 Å². The first-order chi connectivity index (χ1) is 9.78. The van der Waals surface area contributed by atoms with Crippen LogP contribution in [-0.4, -0.2) is 28.2 Å². The van der Waals surface area contributed by atoms with Gasteiger partial charge in [-0.15, -0.1) is 11.3 Å². The van der Waals surface area contributed by atoms with Crippen molar-refractivity contribution in [3.8, 4) is 10.8 Å². The number of aromatic nitrogens is 3. The van der Waals surface area contributed by atoms with Gasteiger partial charge in [0.2, 0.25) is 0 Å². The van der Waals surface area contributed by atoms with Crippen LogP contribution in [0, 0.1) is 6.92 Å². The highest BCUT2D eigenvalue weighted by Gasteiger charge is 2.19. The lowest BCUT2D eigenvalue weighted by molar-refractivity contribution is 0.429. The second-order valence-electron chi connectivity index (χ2n) is 5.03. The summed E-state index contributed by atoms with van der Waals surface area (Å²) in [4.78, 5) is 12.1. The van der Waals surface area contributed by atoms with Gasteiger partial charge >= 0.3 is 0 Å². The summed E-state index contributed by atoms with van der Waals surface area (Å²) in [5.74, 6) is 1.25. The quantitative estimate of drug-likeness (QED) is 0.935. The third-order valence-corrected chi connectivity index (χ3v) is 4.68. The van der Waals surface area contributed by atoms with Crippen LogP contribution in [0.4, 0.5) is 5.95 Å². The zero-order valence-electron chi connectivity index (χ0n) is 11.6. The van der Waals surface area contributed by atoms with Gasteiger partial charge in [-0.2, -0.15) is 4.98 Å². The number of nitrogens with two attached hydrogens (primary N) is 1. The topological polar surface area (TPSA) is 81.1 Å². The van der Waals surface area contributed by atoms with Crippen LogP contribution in [0.25, 0.3) is 10.8 Å². The van der Waals surface area contributed by atoms with E-state index in [2.05, 4.69) is 20.0 Å². The molecule has 3 heterocycles. The zero-order valence-corrected chi connectivity index (χ0v) is 12.4. The van der Waals surface area contributed by atoms with Gasteiger partial charge in [0.15, 0.2) is 0 Å². The van der Waals surface area contributed by atoms with Crippen LogP contribution in [0.15, 0.2) is 4.52 Å². The van der Waals surface area contributed by atoms with Gasteiger partial charge in [-0.3, -0.25) is 0 Å². The molecule has 0 aromatic carbocycles. The Morgan fingerprint density at radius 1 is 1.20 bits per heavy atom. The van der Waals surface area contributed by atoms with Crippen LogP contribution < -0.4 is 10.6 Å². The number of anilines is 1. The second kappa shape index (κ2) is 5.88. The highest BCUT2D eigenvalue weighted by Crippen LogP contribution is 2.30. The first-order valence-corrected chi connectivity index (χ1v) is 7.85. The van der Waals surface area contributed by atoms with E-state index in [0.717, 1.165) is 28.7 Å². The molecule has 0 saturated carbocycles. The number of thiazole rings is 1. The summed E-state index contributed by atoms with van der Waals surface area (Å²) in [6, 6.07) is 0. The highest BCUT2D eigenvalue weighted by molar-refractivity contribution is 7.15. The molecular weight excluding hydrogens is 274 g/mol. The molecule has 0 spiro atoms. The molecule has 0 unspecified atom stereocenters. The van der Waals surface area contributed by atoms with Crippen molar-refractivity contribution in [3.05, 3.63) is 10.7 Å². The summed E-state index contributed by atoms with van der Waals surface area (Å²) in [6.45, 7) is 4.41. The molecule has 3 rings (SSSR count). The van der Waals surface area contributed by atoms with Crippen LogP contribution in [-0.2, 0) is 6.54 Å². The first kappa shape index (κ1) is 13.5. The van der Waals surface area contributed by atoms with Crippen molar-refractivity contribution in [1.29, 1.82) is 0 Å². The van der Waals surface area contributed by atoms with Gasteiger partial charge in [0.1, 0.15) is 9.88 Å². The van der Waals surface area contributed by atoms with E-state index in [0.29, 0.717) is 18.4 Å². The molecule has 6 nitrogen and oxygen atoms in total. The van der Waals surface area contributed by atoms with Gasteiger partial charge in [-0.1, -0.05) is 12.8 Å². The van der Waals surface area contributed by atoms with Crippen LogP contribution >= 0.6 is 11.3 Å². The fraction of sp³-hybridized carbons (Fsp3) is 0.615. The average Bonchev–Trinajstić information content (AvgIpc) is 2.97. The molecule has 7 heteroatoms. The Kier molecular flexibility index (Phi) is 3.98. The normalized spacial score (nSPS) is 16.4. The molecule has 0 amide bonds. The van der Waals surface area contributed by atoms with Crippen LogP contribution in [0.1, 0.15) is 36.4 Å². The smallest absolute Gasteiger partial charge is 0.271 e. The van der Waals surface area contributed by atoms with Crippen molar-refractivity contribution in [2.24, 2.45) is 5.73 Å². The summed E-state index contributed by atoms with van der Waals surface area (Å²) in [5.41, 5.74) is 6.53. The standard InChI is InChI=1S/C13H19N5OS/c1-9-11(20-10(8-14)15-9)12-16-13(17-19-12)18-6-4-2-3-5-7-18/h2-8,14H2,1H3. The molecular formula is C13H19N5OS. The fourth-order valence-electron chi connectivity index (χ4n) is 2.45. The maximum Gasteiger partial charge on any atom is 0.271 e. The van der Waals surface area contributed by atoms with E-state index < -0.39 is 0 Å². The van der Waals surface area contributed by atoms with E-state index in [1.54, 1.807) is 0 Å². The van der Waals surface area contributed by atoms with E-state index in [1.165, 1.54) is 37.0 Å². The van der Waals surface area contributed by atoms with Crippen LogP contribution in [0.3, 0.4) is 0 Å². The molecule has 0 atom stereocenters. The molecule has 0 radical (unpaired) electrons. The number of nitrogens with zero attached hydrogens (tertiary/aromatic N) is 4. The molecule has 2 N–H and O–H groups in total. The Morgan fingerprint density at radius 3 is 2.60 bits per heavy atom. The van der Waals surface area contributed by atoms with Gasteiger partial charge in [-0.05, 0) is 24.9 Å². The SMILES string of the molecule is Cc1nc(CN)sc1-c1nc(N2CCCCCC2)no1. The van der Waals surface area contributed by atoms with E-state index in [4.69, 9.17) is 10.3 Å². The molecule has 0 bridgehead atoms. The minimum Gasteiger partial charge on any atom is -0.338 e. The highest BCUT2D eigenvalue weighted by atomic mass is 32.1. The van der Waals surface area contributed by atoms with Gasteiger partial charge in [0.05, 0.1) is 5.69 Å². The van der Waals surface area contributed by atoms with Crippen molar-refractivity contribution in [2.75, 3.05) is 18.0 Å². The maximum atomic E-state index is 5.62. The van der Waals surface area contributed by atoms with Crippen LogP contribution in [0.2, 0.25) is 0 Å². The summed E-state index contributed by atoms with van der Waals surface area (Å²) in [7, 11) is 0. The van der Waals surface area contributed by atoms with Gasteiger partial charge in [0.25, 0.3) is 11.8 Å². The summed E-state index contributed by atoms with van der Waals surface area (Å²) in [6.07, 6.45) is 4.96. The third kappa shape index (κ3) is 2.69. The molecule has 2 aromatic rings. The Hall–Kier alpha value is -1.47. The van der Waals surface area contributed by atoms with Crippen molar-refractivity contribution < 1.29 is 4.52 Å². The lowest BCUT2D eigenvalue weighted by Crippen LogP contribution is -2.24. The fourth-order valence-corrected chi connectivity index (χ4v) is 3.31. The first-order valence-electron chi connectivity index (χ1n) is 7.03. The summed E-state index contributed by atoms with van der Waals surface area (Å²) >= 11 is 1.53. The molecule has 108 valence electrons. The summed E-state index contributed by atoms with van der Waals surface area (Å²) in [5, 5.41) is 5.02. The van der Waals surface area contributed by atoms with Gasteiger partial charge in [-0.25, -0.2) is 4.98 Å². The number of aryl methyl sites for hydroxylation is 1. The Morgan fingerprint density at radius 2 is 1.95 bits per heavy atom. The lowest BCUT2D eigenvalue weighted by Gasteiger charge is -2.16. The van der Waals surface area contributed by atoms with E-state index >= 15 is 0 Å². The Balaban J connectivity index is 1.83. The molecule has 0 aliphatic carbocycles. The number of hydrogen-bond donors (Lipinski definition) is 1. The predicted octanol–water partition coefficient (Wildman–Crippen LogP) is 2.34. The molecule has 1 fully saturated rings. The number of hydrogen-bond acceptors (Lipinski definition) is 7. The minimum atomic E-state index is 0.443. The van der Waals surface area contributed by atoms with E-state index in [-0.39, 0.29) is 0 Å². The van der Waals surface area contributed by atoms with Crippen molar-refractivity contribution in [2.45, 2.75) is 39.2 Å². The van der Waals surface area contributed by atoms with Crippen molar-refractivity contribution in [1.82, 2.24) is 15.1 Å². The average molecular weight is 293 g/mol. The largest absolute Gasteiger partial charge is 0.338 e. The predicted molar refractivity (Wildman–Crippen MR) is 78.7 cm³/mol.